The largest absolute Gasteiger partial charge is 0.452 e. The van der Waals surface area contributed by atoms with Crippen LogP contribution in [-0.4, -0.2) is 28.5 Å². The van der Waals surface area contributed by atoms with E-state index in [2.05, 4.69) is 31.2 Å². The van der Waals surface area contributed by atoms with Gasteiger partial charge in [0.2, 0.25) is 0 Å². The number of carbonyl (C=O) groups excluding carboxylic acids is 2. The number of amides is 1. The topological polar surface area (TPSA) is 81.2 Å². The van der Waals surface area contributed by atoms with E-state index in [-0.39, 0.29) is 6.61 Å². The Hall–Kier alpha value is -2.80. The molecular weight excluding hydrogens is 398 g/mol. The van der Waals surface area contributed by atoms with E-state index in [9.17, 15) is 9.59 Å². The normalized spacial score (nSPS) is 10.6. The summed E-state index contributed by atoms with van der Waals surface area (Å²) in [6.45, 7) is 3.37. The Bertz CT molecular complexity index is 1000. The highest BCUT2D eigenvalue weighted by atomic mass is 79.9. The van der Waals surface area contributed by atoms with Crippen LogP contribution in [-0.2, 0) is 9.53 Å². The number of nitrogens with zero attached hydrogens (tertiary/aromatic N) is 2. The van der Waals surface area contributed by atoms with Gasteiger partial charge in [0.15, 0.2) is 6.61 Å². The number of fused-ring (bicyclic) bond motifs is 1. The molecule has 6 nitrogen and oxygen atoms in total. The number of benzene rings is 2. The van der Waals surface area contributed by atoms with Gasteiger partial charge >= 0.3 is 5.97 Å². The number of carbonyl (C=O) groups is 2. The summed E-state index contributed by atoms with van der Waals surface area (Å²) in [7, 11) is 0. The third-order valence-corrected chi connectivity index (χ3v) is 4.25. The summed E-state index contributed by atoms with van der Waals surface area (Å²) in [4.78, 5) is 33.0. The Morgan fingerprint density at radius 1 is 1.04 bits per heavy atom. The number of aromatic nitrogens is 2. The SMILES string of the molecule is Cc1nc2ccc(C(=O)OCC(=O)Nc3cccc(Br)c3)cc2nc1C. The van der Waals surface area contributed by atoms with Gasteiger partial charge in [-0.2, -0.15) is 0 Å². The zero-order chi connectivity index (χ0) is 18.7. The number of rotatable bonds is 4. The quantitative estimate of drug-likeness (QED) is 0.657. The molecule has 3 aromatic rings. The third-order valence-electron chi connectivity index (χ3n) is 3.75. The first-order chi connectivity index (χ1) is 12.4. The average molecular weight is 414 g/mol. The molecule has 1 heterocycles. The Kier molecular flexibility index (Phi) is 5.27. The van der Waals surface area contributed by atoms with E-state index in [1.165, 1.54) is 0 Å². The summed E-state index contributed by atoms with van der Waals surface area (Å²) in [5, 5.41) is 2.66. The average Bonchev–Trinajstić information content (AvgIpc) is 2.60. The second kappa shape index (κ2) is 7.61. The highest BCUT2D eigenvalue weighted by molar-refractivity contribution is 9.10. The number of esters is 1. The van der Waals surface area contributed by atoms with Gasteiger partial charge in [-0.25, -0.2) is 14.8 Å². The standard InChI is InChI=1S/C19H16BrN3O3/c1-11-12(2)22-17-8-13(6-7-16(17)21-11)19(25)26-10-18(24)23-15-5-3-4-14(20)9-15/h3-9H,10H2,1-2H3,(H,23,24). The summed E-state index contributed by atoms with van der Waals surface area (Å²) >= 11 is 3.33. The minimum atomic E-state index is -0.587. The van der Waals surface area contributed by atoms with Gasteiger partial charge in [-0.05, 0) is 50.2 Å². The van der Waals surface area contributed by atoms with Crippen molar-refractivity contribution >= 4 is 44.5 Å². The first-order valence-electron chi connectivity index (χ1n) is 7.90. The fourth-order valence-corrected chi connectivity index (χ4v) is 2.73. The van der Waals surface area contributed by atoms with Crippen molar-refractivity contribution in [1.82, 2.24) is 9.97 Å². The molecule has 1 amide bonds. The zero-order valence-corrected chi connectivity index (χ0v) is 15.8. The molecule has 0 aliphatic rings. The van der Waals surface area contributed by atoms with Crippen LogP contribution >= 0.6 is 15.9 Å². The molecule has 26 heavy (non-hydrogen) atoms. The van der Waals surface area contributed by atoms with Gasteiger partial charge in [-0.3, -0.25) is 4.79 Å². The van der Waals surface area contributed by atoms with Crippen LogP contribution in [0.2, 0.25) is 0 Å². The van der Waals surface area contributed by atoms with Gasteiger partial charge in [0.1, 0.15) is 0 Å². The number of hydrogen-bond donors (Lipinski definition) is 1. The molecule has 0 aliphatic carbocycles. The van der Waals surface area contributed by atoms with Crippen LogP contribution in [0.5, 0.6) is 0 Å². The number of hydrogen-bond acceptors (Lipinski definition) is 5. The van der Waals surface area contributed by atoms with Crippen molar-refractivity contribution in [2.75, 3.05) is 11.9 Å². The molecule has 0 atom stereocenters. The van der Waals surface area contributed by atoms with E-state index >= 15 is 0 Å². The second-order valence-electron chi connectivity index (χ2n) is 5.73. The van der Waals surface area contributed by atoms with E-state index in [1.807, 2.05) is 19.9 Å². The molecule has 2 aromatic carbocycles. The van der Waals surface area contributed by atoms with Crippen molar-refractivity contribution in [1.29, 1.82) is 0 Å². The third kappa shape index (κ3) is 4.23. The lowest BCUT2D eigenvalue weighted by Gasteiger charge is -2.08. The minimum absolute atomic E-state index is 0.324. The lowest BCUT2D eigenvalue weighted by atomic mass is 10.2. The van der Waals surface area contributed by atoms with Gasteiger partial charge in [-0.1, -0.05) is 22.0 Å². The number of aryl methyl sites for hydroxylation is 2. The summed E-state index contributed by atoms with van der Waals surface area (Å²) in [5.41, 5.74) is 3.91. The maximum atomic E-state index is 12.2. The molecule has 1 N–H and O–H groups in total. The van der Waals surface area contributed by atoms with Gasteiger partial charge in [-0.15, -0.1) is 0 Å². The first kappa shape index (κ1) is 18.0. The van der Waals surface area contributed by atoms with Crippen LogP contribution in [0.25, 0.3) is 11.0 Å². The highest BCUT2D eigenvalue weighted by Gasteiger charge is 2.12. The minimum Gasteiger partial charge on any atom is -0.452 e. The first-order valence-corrected chi connectivity index (χ1v) is 8.69. The summed E-state index contributed by atoms with van der Waals surface area (Å²) in [6, 6.07) is 12.1. The fraction of sp³-hybridized carbons (Fsp3) is 0.158. The molecule has 0 saturated carbocycles. The van der Waals surface area contributed by atoms with Crippen molar-refractivity contribution in [3.05, 3.63) is 63.9 Å². The van der Waals surface area contributed by atoms with Gasteiger partial charge in [0.05, 0.1) is 28.0 Å². The Labute approximate surface area is 158 Å². The van der Waals surface area contributed by atoms with Crippen LogP contribution in [0.4, 0.5) is 5.69 Å². The van der Waals surface area contributed by atoms with E-state index in [0.717, 1.165) is 15.9 Å². The molecule has 132 valence electrons. The Morgan fingerprint density at radius 2 is 1.77 bits per heavy atom. The monoisotopic (exact) mass is 413 g/mol. The Balaban J connectivity index is 1.65. The zero-order valence-electron chi connectivity index (χ0n) is 14.2. The van der Waals surface area contributed by atoms with Crippen molar-refractivity contribution in [3.63, 3.8) is 0 Å². The van der Waals surface area contributed by atoms with Crippen molar-refractivity contribution in [3.8, 4) is 0 Å². The van der Waals surface area contributed by atoms with Gasteiger partial charge in [0.25, 0.3) is 5.91 Å². The molecule has 3 rings (SSSR count). The second-order valence-corrected chi connectivity index (χ2v) is 6.65. The number of nitrogens with one attached hydrogen (secondary N) is 1. The predicted molar refractivity (Wildman–Crippen MR) is 102 cm³/mol. The maximum Gasteiger partial charge on any atom is 0.338 e. The van der Waals surface area contributed by atoms with Crippen LogP contribution in [0.15, 0.2) is 46.9 Å². The van der Waals surface area contributed by atoms with Gasteiger partial charge < -0.3 is 10.1 Å². The fourth-order valence-electron chi connectivity index (χ4n) is 2.34. The lowest BCUT2D eigenvalue weighted by molar-refractivity contribution is -0.119. The van der Waals surface area contributed by atoms with E-state index < -0.39 is 11.9 Å². The molecule has 0 unspecified atom stereocenters. The van der Waals surface area contributed by atoms with E-state index in [1.54, 1.807) is 36.4 Å². The van der Waals surface area contributed by atoms with Crippen LogP contribution < -0.4 is 5.32 Å². The Morgan fingerprint density at radius 3 is 2.50 bits per heavy atom. The van der Waals surface area contributed by atoms with Crippen molar-refractivity contribution in [2.45, 2.75) is 13.8 Å². The molecule has 0 aliphatic heterocycles. The molecule has 0 radical (unpaired) electrons. The number of halogens is 1. The lowest BCUT2D eigenvalue weighted by Crippen LogP contribution is -2.20. The van der Waals surface area contributed by atoms with E-state index in [4.69, 9.17) is 4.74 Å². The smallest absolute Gasteiger partial charge is 0.338 e. The van der Waals surface area contributed by atoms with Crippen molar-refractivity contribution in [2.24, 2.45) is 0 Å². The van der Waals surface area contributed by atoms with Crippen LogP contribution in [0.3, 0.4) is 0 Å². The molecule has 1 aromatic heterocycles. The molecule has 0 spiro atoms. The maximum absolute atomic E-state index is 12.2. The molecule has 0 saturated heterocycles. The van der Waals surface area contributed by atoms with Gasteiger partial charge in [0, 0.05) is 10.2 Å². The van der Waals surface area contributed by atoms with Crippen LogP contribution in [0.1, 0.15) is 21.7 Å². The summed E-state index contributed by atoms with van der Waals surface area (Å²) < 4.78 is 5.93. The summed E-state index contributed by atoms with van der Waals surface area (Å²) in [5.74, 6) is -1.00. The molecule has 7 heteroatoms. The summed E-state index contributed by atoms with van der Waals surface area (Å²) in [6.07, 6.45) is 0. The molecule has 0 bridgehead atoms. The predicted octanol–water partition coefficient (Wildman–Crippen LogP) is 3.80. The van der Waals surface area contributed by atoms with Crippen LogP contribution in [0, 0.1) is 13.8 Å². The van der Waals surface area contributed by atoms with Crippen molar-refractivity contribution < 1.29 is 14.3 Å². The highest BCUT2D eigenvalue weighted by Crippen LogP contribution is 2.16. The number of anilines is 1. The molecule has 0 fully saturated rings. The molecular formula is C19H16BrN3O3. The van der Waals surface area contributed by atoms with E-state index in [0.29, 0.717) is 22.3 Å². The number of ether oxygens (including phenoxy) is 1.